The van der Waals surface area contributed by atoms with Crippen molar-refractivity contribution >= 4 is 11.4 Å². The first-order chi connectivity index (χ1) is 9.38. The fourth-order valence-corrected chi connectivity index (χ4v) is 1.40. The maximum Gasteiger partial charge on any atom is 0.157 e. The van der Waals surface area contributed by atoms with Crippen molar-refractivity contribution in [2.45, 2.75) is 0 Å². The van der Waals surface area contributed by atoms with Crippen LogP contribution in [0, 0.1) is 23.3 Å². The van der Waals surface area contributed by atoms with Crippen LogP contribution in [0.4, 0.5) is 28.9 Å². The van der Waals surface area contributed by atoms with E-state index in [0.717, 1.165) is 0 Å². The van der Waals surface area contributed by atoms with Crippen LogP contribution in [0.2, 0.25) is 0 Å². The zero-order chi connectivity index (χ0) is 14.9. The molecule has 0 atom stereocenters. The van der Waals surface area contributed by atoms with Crippen molar-refractivity contribution in [1.82, 2.24) is 0 Å². The smallest absolute Gasteiger partial charge is 0.157 e. The summed E-state index contributed by atoms with van der Waals surface area (Å²) in [5.41, 5.74) is -1.82. The lowest BCUT2D eigenvalue weighted by Gasteiger charge is -2.01. The highest BCUT2D eigenvalue weighted by Gasteiger charge is 2.13. The largest absolute Gasteiger partial charge is 0.508 e. The van der Waals surface area contributed by atoms with Gasteiger partial charge in [-0.1, -0.05) is 0 Å². The number of benzene rings is 2. The van der Waals surface area contributed by atoms with Crippen LogP contribution in [0.3, 0.4) is 0 Å². The normalized spacial score (nSPS) is 11.2. The van der Waals surface area contributed by atoms with Crippen LogP contribution >= 0.6 is 0 Å². The molecule has 0 aliphatic heterocycles. The molecule has 20 heavy (non-hydrogen) atoms. The van der Waals surface area contributed by atoms with Crippen LogP contribution in [-0.2, 0) is 0 Å². The van der Waals surface area contributed by atoms with Gasteiger partial charge in [-0.25, -0.2) is 17.6 Å². The van der Waals surface area contributed by atoms with E-state index in [1.54, 1.807) is 0 Å². The quantitative estimate of drug-likeness (QED) is 0.645. The lowest BCUT2D eigenvalue weighted by Crippen LogP contribution is -1.84. The Morgan fingerprint density at radius 2 is 0.850 bits per heavy atom. The van der Waals surface area contributed by atoms with Gasteiger partial charge in [0.15, 0.2) is 34.6 Å². The molecule has 0 radical (unpaired) electrons. The Balaban J connectivity index is 2.45. The highest BCUT2D eigenvalue weighted by molar-refractivity contribution is 5.47. The van der Waals surface area contributed by atoms with Gasteiger partial charge in [-0.15, -0.1) is 10.2 Å². The van der Waals surface area contributed by atoms with Gasteiger partial charge in [0.1, 0.15) is 11.5 Å². The topological polar surface area (TPSA) is 65.2 Å². The van der Waals surface area contributed by atoms with E-state index >= 15 is 0 Å². The molecule has 0 aliphatic rings. The summed E-state index contributed by atoms with van der Waals surface area (Å²) in [5, 5.41) is 24.0. The van der Waals surface area contributed by atoms with Crippen molar-refractivity contribution in [3.63, 3.8) is 0 Å². The summed E-state index contributed by atoms with van der Waals surface area (Å²) in [6.45, 7) is 0. The zero-order valence-corrected chi connectivity index (χ0v) is 9.61. The number of phenolic OH excluding ortho intramolecular Hbond substituents is 2. The second-order valence-electron chi connectivity index (χ2n) is 3.72. The summed E-state index contributed by atoms with van der Waals surface area (Å²) >= 11 is 0. The Morgan fingerprint density at radius 1 is 0.600 bits per heavy atom. The Kier molecular flexibility index (Phi) is 3.55. The average molecular weight is 286 g/mol. The number of halogens is 4. The monoisotopic (exact) mass is 286 g/mol. The standard InChI is InChI=1S/C12H6F4N2O2/c13-7-1-5(19)2-8(14)11(7)17-18-12-9(15)3-6(20)4-10(12)16/h1-4,19-20H/b18-17-. The first-order valence-electron chi connectivity index (χ1n) is 5.16. The predicted molar refractivity (Wildman–Crippen MR) is 60.2 cm³/mol. The van der Waals surface area contributed by atoms with E-state index in [1.807, 2.05) is 0 Å². The molecule has 0 bridgehead atoms. The number of azo groups is 1. The minimum absolute atomic E-state index is 0.570. The summed E-state index contributed by atoms with van der Waals surface area (Å²) in [4.78, 5) is 0. The molecule has 2 aromatic rings. The number of hydrogen-bond donors (Lipinski definition) is 2. The maximum absolute atomic E-state index is 13.3. The molecule has 8 heteroatoms. The number of phenols is 2. The number of hydrogen-bond acceptors (Lipinski definition) is 4. The molecular formula is C12H6F4N2O2. The molecule has 0 heterocycles. The Bertz CT molecular complexity index is 598. The number of rotatable bonds is 2. The number of aromatic hydroxyl groups is 2. The molecule has 2 aromatic carbocycles. The fraction of sp³-hybridized carbons (Fsp3) is 0. The van der Waals surface area contributed by atoms with Crippen molar-refractivity contribution in [2.24, 2.45) is 10.2 Å². The van der Waals surface area contributed by atoms with Crippen molar-refractivity contribution in [1.29, 1.82) is 0 Å². The highest BCUT2D eigenvalue weighted by Crippen LogP contribution is 2.31. The van der Waals surface area contributed by atoms with Crippen LogP contribution < -0.4 is 0 Å². The molecule has 104 valence electrons. The van der Waals surface area contributed by atoms with Gasteiger partial charge in [0.2, 0.25) is 0 Å². The molecule has 0 saturated heterocycles. The van der Waals surface area contributed by atoms with Crippen LogP contribution in [0.25, 0.3) is 0 Å². The van der Waals surface area contributed by atoms with Crippen molar-refractivity contribution in [2.75, 3.05) is 0 Å². The van der Waals surface area contributed by atoms with Gasteiger partial charge < -0.3 is 10.2 Å². The molecule has 0 unspecified atom stereocenters. The van der Waals surface area contributed by atoms with Crippen LogP contribution in [0.15, 0.2) is 34.5 Å². The van der Waals surface area contributed by atoms with E-state index in [9.17, 15) is 17.6 Å². The Hall–Kier alpha value is -2.64. The summed E-state index contributed by atoms with van der Waals surface area (Å²) in [6.07, 6.45) is 0. The van der Waals surface area contributed by atoms with Crippen LogP contribution in [-0.4, -0.2) is 10.2 Å². The lowest BCUT2D eigenvalue weighted by atomic mass is 10.2. The van der Waals surface area contributed by atoms with Crippen LogP contribution in [0.1, 0.15) is 0 Å². The molecule has 0 amide bonds. The van der Waals surface area contributed by atoms with E-state index in [0.29, 0.717) is 24.3 Å². The van der Waals surface area contributed by atoms with Gasteiger partial charge >= 0.3 is 0 Å². The van der Waals surface area contributed by atoms with E-state index in [1.165, 1.54) is 0 Å². The van der Waals surface area contributed by atoms with E-state index in [2.05, 4.69) is 10.2 Å². The average Bonchev–Trinajstić information content (AvgIpc) is 2.30. The van der Waals surface area contributed by atoms with E-state index in [4.69, 9.17) is 10.2 Å². The predicted octanol–water partition coefficient (Wildman–Crippen LogP) is 4.07. The van der Waals surface area contributed by atoms with Gasteiger partial charge in [0.05, 0.1) is 0 Å². The number of nitrogens with zero attached hydrogens (tertiary/aromatic N) is 2. The summed E-state index contributed by atoms with van der Waals surface area (Å²) < 4.78 is 53.2. The first-order valence-corrected chi connectivity index (χ1v) is 5.16. The molecule has 4 nitrogen and oxygen atoms in total. The highest BCUT2D eigenvalue weighted by atomic mass is 19.1. The molecule has 0 spiro atoms. The minimum Gasteiger partial charge on any atom is -0.508 e. The van der Waals surface area contributed by atoms with Crippen LogP contribution in [0.5, 0.6) is 11.5 Å². The Morgan fingerprint density at radius 3 is 1.10 bits per heavy atom. The molecular weight excluding hydrogens is 280 g/mol. The van der Waals surface area contributed by atoms with Crippen molar-refractivity contribution in [3.05, 3.63) is 47.5 Å². The van der Waals surface area contributed by atoms with Gasteiger partial charge in [-0.05, 0) is 0 Å². The maximum atomic E-state index is 13.3. The first kappa shape index (κ1) is 13.8. The van der Waals surface area contributed by atoms with E-state index in [-0.39, 0.29) is 0 Å². The second kappa shape index (κ2) is 5.16. The van der Waals surface area contributed by atoms with Crippen molar-refractivity contribution in [3.8, 4) is 11.5 Å². The van der Waals surface area contributed by atoms with Crippen molar-refractivity contribution < 1.29 is 27.8 Å². The molecule has 0 aromatic heterocycles. The molecule has 2 N–H and O–H groups in total. The van der Waals surface area contributed by atoms with Gasteiger partial charge in [0, 0.05) is 24.3 Å². The zero-order valence-electron chi connectivity index (χ0n) is 9.61. The third-order valence-electron chi connectivity index (χ3n) is 2.25. The van der Waals surface area contributed by atoms with E-state index < -0.39 is 46.1 Å². The summed E-state index contributed by atoms with van der Waals surface area (Å²) in [7, 11) is 0. The summed E-state index contributed by atoms with van der Waals surface area (Å²) in [6, 6.07) is 2.28. The van der Waals surface area contributed by atoms with Gasteiger partial charge in [0.25, 0.3) is 0 Å². The Labute approximate surface area is 109 Å². The molecule has 0 fully saturated rings. The molecule has 2 rings (SSSR count). The SMILES string of the molecule is Oc1cc(F)c(/N=N\c2c(F)cc(O)cc2F)c(F)c1. The minimum atomic E-state index is -1.24. The third kappa shape index (κ3) is 2.68. The molecule has 0 aliphatic carbocycles. The third-order valence-corrected chi connectivity index (χ3v) is 2.25. The van der Waals surface area contributed by atoms with Gasteiger partial charge in [-0.2, -0.15) is 0 Å². The lowest BCUT2D eigenvalue weighted by molar-refractivity contribution is 0.459. The molecule has 0 saturated carbocycles. The summed E-state index contributed by atoms with van der Waals surface area (Å²) in [5.74, 6) is -6.31. The second-order valence-corrected chi connectivity index (χ2v) is 3.72. The van der Waals surface area contributed by atoms with Gasteiger partial charge in [-0.3, -0.25) is 0 Å². The fourth-order valence-electron chi connectivity index (χ4n) is 1.40.